The first-order chi connectivity index (χ1) is 9.63. The Morgan fingerprint density at radius 2 is 2.30 bits per heavy atom. The number of hydrogen-bond donors (Lipinski definition) is 1. The van der Waals surface area contributed by atoms with Crippen LogP contribution in [0.4, 0.5) is 0 Å². The number of nitrogens with zero attached hydrogens (tertiary/aromatic N) is 1. The zero-order valence-corrected chi connectivity index (χ0v) is 12.6. The molecule has 1 saturated heterocycles. The lowest BCUT2D eigenvalue weighted by Crippen LogP contribution is -2.36. The minimum absolute atomic E-state index is 0.157. The van der Waals surface area contributed by atoms with Gasteiger partial charge >= 0.3 is 0 Å². The van der Waals surface area contributed by atoms with Gasteiger partial charge in [-0.25, -0.2) is 0 Å². The minimum Gasteiger partial charge on any atom is -0.497 e. The first-order valence-corrected chi connectivity index (χ1v) is 7.29. The van der Waals surface area contributed by atoms with Crippen molar-refractivity contribution in [3.05, 3.63) is 29.8 Å². The molecule has 1 aliphatic heterocycles. The van der Waals surface area contributed by atoms with E-state index in [-0.39, 0.29) is 11.9 Å². The molecule has 1 amide bonds. The third-order valence-electron chi connectivity index (χ3n) is 3.76. The summed E-state index contributed by atoms with van der Waals surface area (Å²) in [6.45, 7) is 6.68. The number of carbonyl (C=O) groups is 1. The Labute approximate surface area is 121 Å². The highest BCUT2D eigenvalue weighted by Crippen LogP contribution is 2.23. The van der Waals surface area contributed by atoms with Crippen LogP contribution in [-0.4, -0.2) is 37.6 Å². The molecule has 20 heavy (non-hydrogen) atoms. The first-order valence-electron chi connectivity index (χ1n) is 7.29. The van der Waals surface area contributed by atoms with E-state index in [9.17, 15) is 4.79 Å². The molecule has 4 nitrogen and oxygen atoms in total. The van der Waals surface area contributed by atoms with E-state index < -0.39 is 0 Å². The average molecular weight is 276 g/mol. The second-order valence-corrected chi connectivity index (χ2v) is 5.49. The van der Waals surface area contributed by atoms with Crippen molar-refractivity contribution in [2.24, 2.45) is 5.92 Å². The SMILES string of the molecule is CCNC(CN1CC(C)CC1=O)c1cccc(OC)c1. The van der Waals surface area contributed by atoms with Crippen LogP contribution < -0.4 is 10.1 Å². The summed E-state index contributed by atoms with van der Waals surface area (Å²) in [7, 11) is 1.67. The Bertz CT molecular complexity index is 462. The van der Waals surface area contributed by atoms with E-state index >= 15 is 0 Å². The maximum atomic E-state index is 12.0. The Morgan fingerprint density at radius 3 is 2.90 bits per heavy atom. The van der Waals surface area contributed by atoms with Crippen LogP contribution in [0, 0.1) is 5.92 Å². The van der Waals surface area contributed by atoms with E-state index in [4.69, 9.17) is 4.74 Å². The predicted octanol–water partition coefficient (Wildman–Crippen LogP) is 2.21. The molecule has 2 unspecified atom stereocenters. The summed E-state index contributed by atoms with van der Waals surface area (Å²) >= 11 is 0. The molecule has 110 valence electrons. The summed E-state index contributed by atoms with van der Waals surface area (Å²) in [6.07, 6.45) is 0.678. The zero-order chi connectivity index (χ0) is 14.5. The predicted molar refractivity (Wildman–Crippen MR) is 79.8 cm³/mol. The van der Waals surface area contributed by atoms with Crippen molar-refractivity contribution in [1.82, 2.24) is 10.2 Å². The van der Waals surface area contributed by atoms with Crippen molar-refractivity contribution in [3.63, 3.8) is 0 Å². The number of nitrogens with one attached hydrogen (secondary N) is 1. The smallest absolute Gasteiger partial charge is 0.222 e. The lowest BCUT2D eigenvalue weighted by Gasteiger charge is -2.25. The van der Waals surface area contributed by atoms with E-state index in [2.05, 4.69) is 25.2 Å². The van der Waals surface area contributed by atoms with Crippen molar-refractivity contribution in [3.8, 4) is 5.75 Å². The van der Waals surface area contributed by atoms with Gasteiger partial charge in [-0.3, -0.25) is 4.79 Å². The number of likely N-dealkylation sites (N-methyl/N-ethyl adjacent to an activating group) is 1. The Hall–Kier alpha value is -1.55. The number of ether oxygens (including phenoxy) is 1. The van der Waals surface area contributed by atoms with Crippen LogP contribution in [0.3, 0.4) is 0 Å². The number of carbonyl (C=O) groups excluding carboxylic acids is 1. The fourth-order valence-electron chi connectivity index (χ4n) is 2.76. The van der Waals surface area contributed by atoms with Crippen LogP contribution in [0.5, 0.6) is 5.75 Å². The van der Waals surface area contributed by atoms with Gasteiger partial charge in [0.1, 0.15) is 5.75 Å². The molecule has 2 atom stereocenters. The number of benzene rings is 1. The van der Waals surface area contributed by atoms with Crippen LogP contribution in [0.15, 0.2) is 24.3 Å². The van der Waals surface area contributed by atoms with Crippen molar-refractivity contribution >= 4 is 5.91 Å². The summed E-state index contributed by atoms with van der Waals surface area (Å²) < 4.78 is 5.28. The summed E-state index contributed by atoms with van der Waals surface area (Å²) in [6, 6.07) is 8.21. The highest BCUT2D eigenvalue weighted by atomic mass is 16.5. The molecular formula is C16H24N2O2. The van der Waals surface area contributed by atoms with Gasteiger partial charge in [0.15, 0.2) is 0 Å². The number of hydrogen-bond acceptors (Lipinski definition) is 3. The summed E-state index contributed by atoms with van der Waals surface area (Å²) in [5, 5.41) is 3.46. The van der Waals surface area contributed by atoms with Gasteiger partial charge in [0, 0.05) is 19.5 Å². The van der Waals surface area contributed by atoms with Crippen molar-refractivity contribution in [1.29, 1.82) is 0 Å². The molecule has 0 spiro atoms. The molecule has 0 bridgehead atoms. The Kier molecular flexibility index (Phi) is 5.01. The normalized spacial score (nSPS) is 20.2. The van der Waals surface area contributed by atoms with E-state index in [1.807, 2.05) is 23.1 Å². The molecule has 1 fully saturated rings. The van der Waals surface area contributed by atoms with Crippen molar-refractivity contribution in [2.45, 2.75) is 26.3 Å². The lowest BCUT2D eigenvalue weighted by molar-refractivity contribution is -0.128. The number of amides is 1. The molecule has 0 saturated carbocycles. The molecule has 0 aromatic heterocycles. The van der Waals surface area contributed by atoms with Crippen LogP contribution in [0.1, 0.15) is 31.9 Å². The van der Waals surface area contributed by atoms with Crippen LogP contribution in [-0.2, 0) is 4.79 Å². The molecule has 4 heteroatoms. The van der Waals surface area contributed by atoms with Crippen LogP contribution in [0.2, 0.25) is 0 Å². The van der Waals surface area contributed by atoms with Crippen LogP contribution in [0.25, 0.3) is 0 Å². The summed E-state index contributed by atoms with van der Waals surface area (Å²) in [5.74, 6) is 1.59. The molecule has 2 rings (SSSR count). The molecule has 1 aromatic rings. The second kappa shape index (κ2) is 6.75. The molecule has 1 aliphatic rings. The number of rotatable bonds is 6. The topological polar surface area (TPSA) is 41.6 Å². The third kappa shape index (κ3) is 3.51. The largest absolute Gasteiger partial charge is 0.497 e. The fourth-order valence-corrected chi connectivity index (χ4v) is 2.76. The van der Waals surface area contributed by atoms with Gasteiger partial charge in [0.2, 0.25) is 5.91 Å². The molecule has 0 radical (unpaired) electrons. The quantitative estimate of drug-likeness (QED) is 0.866. The molecule has 1 aromatic carbocycles. The molecule has 0 aliphatic carbocycles. The van der Waals surface area contributed by atoms with Gasteiger partial charge in [-0.2, -0.15) is 0 Å². The van der Waals surface area contributed by atoms with Gasteiger partial charge in [-0.15, -0.1) is 0 Å². The highest BCUT2D eigenvalue weighted by Gasteiger charge is 2.28. The van der Waals surface area contributed by atoms with Crippen molar-refractivity contribution in [2.75, 3.05) is 26.7 Å². The molecular weight excluding hydrogens is 252 g/mol. The maximum absolute atomic E-state index is 12.0. The Balaban J connectivity index is 2.11. The van der Waals surface area contributed by atoms with E-state index in [1.165, 1.54) is 5.56 Å². The van der Waals surface area contributed by atoms with Crippen molar-refractivity contribution < 1.29 is 9.53 Å². The highest BCUT2D eigenvalue weighted by molar-refractivity contribution is 5.78. The standard InChI is InChI=1S/C16H24N2O2/c1-4-17-15(11-18-10-12(2)8-16(18)19)13-6-5-7-14(9-13)20-3/h5-7,9,12,15,17H,4,8,10-11H2,1-3H3. The lowest BCUT2D eigenvalue weighted by atomic mass is 10.1. The summed E-state index contributed by atoms with van der Waals surface area (Å²) in [5.41, 5.74) is 1.17. The van der Waals surface area contributed by atoms with E-state index in [0.717, 1.165) is 25.4 Å². The Morgan fingerprint density at radius 1 is 1.50 bits per heavy atom. The first kappa shape index (κ1) is 14.9. The summed E-state index contributed by atoms with van der Waals surface area (Å²) in [4.78, 5) is 13.9. The molecule has 1 heterocycles. The fraction of sp³-hybridized carbons (Fsp3) is 0.562. The van der Waals surface area contributed by atoms with Gasteiger partial charge in [0.25, 0.3) is 0 Å². The number of methoxy groups -OCH3 is 1. The van der Waals surface area contributed by atoms with Gasteiger partial charge in [0.05, 0.1) is 13.2 Å². The average Bonchev–Trinajstić information content (AvgIpc) is 2.76. The van der Waals surface area contributed by atoms with Gasteiger partial charge in [-0.05, 0) is 30.2 Å². The van der Waals surface area contributed by atoms with Gasteiger partial charge in [-0.1, -0.05) is 26.0 Å². The van der Waals surface area contributed by atoms with Gasteiger partial charge < -0.3 is 15.0 Å². The number of likely N-dealkylation sites (tertiary alicyclic amines) is 1. The maximum Gasteiger partial charge on any atom is 0.222 e. The monoisotopic (exact) mass is 276 g/mol. The second-order valence-electron chi connectivity index (χ2n) is 5.49. The van der Waals surface area contributed by atoms with E-state index in [1.54, 1.807) is 7.11 Å². The zero-order valence-electron chi connectivity index (χ0n) is 12.6. The molecule has 1 N–H and O–H groups in total. The third-order valence-corrected chi connectivity index (χ3v) is 3.76. The van der Waals surface area contributed by atoms with Crippen LogP contribution >= 0.6 is 0 Å². The van der Waals surface area contributed by atoms with E-state index in [0.29, 0.717) is 12.3 Å². The minimum atomic E-state index is 0.157.